The lowest BCUT2D eigenvalue weighted by Gasteiger charge is -2.37. The van der Waals surface area contributed by atoms with Crippen molar-refractivity contribution in [2.75, 3.05) is 13.2 Å². The Kier molecular flexibility index (Phi) is 4.94. The van der Waals surface area contributed by atoms with Gasteiger partial charge in [0.2, 0.25) is 0 Å². The summed E-state index contributed by atoms with van der Waals surface area (Å²) in [6.45, 7) is 11.2. The van der Waals surface area contributed by atoms with Gasteiger partial charge in [-0.15, -0.1) is 0 Å². The van der Waals surface area contributed by atoms with Gasteiger partial charge in [0, 0.05) is 24.1 Å². The summed E-state index contributed by atoms with van der Waals surface area (Å²) < 4.78 is 6.15. The summed E-state index contributed by atoms with van der Waals surface area (Å²) in [6.07, 6.45) is 10.0. The SMILES string of the molecule is CCCCCC1(CNC(C)(C)C)CCOC1C1CC1. The van der Waals surface area contributed by atoms with Crippen molar-refractivity contribution in [1.29, 1.82) is 0 Å². The second-order valence-electron chi connectivity index (χ2n) is 7.80. The van der Waals surface area contributed by atoms with Crippen molar-refractivity contribution in [3.05, 3.63) is 0 Å². The van der Waals surface area contributed by atoms with E-state index in [1.54, 1.807) is 0 Å². The van der Waals surface area contributed by atoms with Gasteiger partial charge in [-0.2, -0.15) is 0 Å². The molecule has 2 nitrogen and oxygen atoms in total. The Morgan fingerprint density at radius 1 is 1.21 bits per heavy atom. The summed E-state index contributed by atoms with van der Waals surface area (Å²) in [5, 5.41) is 3.76. The van der Waals surface area contributed by atoms with E-state index in [-0.39, 0.29) is 5.54 Å². The number of ether oxygens (including phenoxy) is 1. The number of hydrogen-bond acceptors (Lipinski definition) is 2. The number of hydrogen-bond donors (Lipinski definition) is 1. The lowest BCUT2D eigenvalue weighted by molar-refractivity contribution is 0.0226. The van der Waals surface area contributed by atoms with Gasteiger partial charge >= 0.3 is 0 Å². The first-order valence-corrected chi connectivity index (χ1v) is 8.33. The van der Waals surface area contributed by atoms with E-state index in [1.165, 1.54) is 44.9 Å². The molecule has 112 valence electrons. The quantitative estimate of drug-likeness (QED) is 0.700. The van der Waals surface area contributed by atoms with E-state index >= 15 is 0 Å². The van der Waals surface area contributed by atoms with Gasteiger partial charge in [0.15, 0.2) is 0 Å². The molecule has 0 aromatic rings. The predicted molar refractivity (Wildman–Crippen MR) is 81.4 cm³/mol. The third kappa shape index (κ3) is 4.19. The maximum Gasteiger partial charge on any atom is 0.0672 e. The van der Waals surface area contributed by atoms with Crippen molar-refractivity contribution in [2.24, 2.45) is 11.3 Å². The maximum absolute atomic E-state index is 6.15. The molecule has 1 aliphatic heterocycles. The highest BCUT2D eigenvalue weighted by atomic mass is 16.5. The molecule has 1 saturated carbocycles. The summed E-state index contributed by atoms with van der Waals surface area (Å²) >= 11 is 0. The first kappa shape index (κ1) is 15.3. The van der Waals surface area contributed by atoms with E-state index in [2.05, 4.69) is 33.0 Å². The molecule has 2 rings (SSSR count). The fraction of sp³-hybridized carbons (Fsp3) is 1.00. The minimum atomic E-state index is 0.217. The van der Waals surface area contributed by atoms with Crippen molar-refractivity contribution >= 4 is 0 Å². The van der Waals surface area contributed by atoms with Gasteiger partial charge in [-0.3, -0.25) is 0 Å². The Balaban J connectivity index is 1.98. The third-order valence-electron chi connectivity index (χ3n) is 4.80. The largest absolute Gasteiger partial charge is 0.377 e. The van der Waals surface area contributed by atoms with Crippen molar-refractivity contribution < 1.29 is 4.74 Å². The molecule has 2 fully saturated rings. The molecule has 19 heavy (non-hydrogen) atoms. The van der Waals surface area contributed by atoms with Crippen LogP contribution in [-0.2, 0) is 4.74 Å². The molecular formula is C17H33NO. The first-order valence-electron chi connectivity index (χ1n) is 8.33. The summed E-state index contributed by atoms with van der Waals surface area (Å²) in [5.74, 6) is 0.867. The number of rotatable bonds is 7. The lowest BCUT2D eigenvalue weighted by Crippen LogP contribution is -2.48. The zero-order valence-electron chi connectivity index (χ0n) is 13.4. The van der Waals surface area contributed by atoms with Gasteiger partial charge in [-0.05, 0) is 52.4 Å². The molecule has 0 aromatic heterocycles. The van der Waals surface area contributed by atoms with Gasteiger partial charge in [-0.25, -0.2) is 0 Å². The van der Waals surface area contributed by atoms with Gasteiger partial charge in [0.25, 0.3) is 0 Å². The van der Waals surface area contributed by atoms with Crippen LogP contribution in [0, 0.1) is 11.3 Å². The summed E-state index contributed by atoms with van der Waals surface area (Å²) in [4.78, 5) is 0. The van der Waals surface area contributed by atoms with E-state index in [4.69, 9.17) is 4.74 Å². The second kappa shape index (κ2) is 6.13. The fourth-order valence-electron chi connectivity index (χ4n) is 3.46. The zero-order chi connectivity index (χ0) is 13.9. The van der Waals surface area contributed by atoms with Crippen molar-refractivity contribution in [3.63, 3.8) is 0 Å². The number of nitrogens with one attached hydrogen (secondary N) is 1. The molecule has 0 spiro atoms. The van der Waals surface area contributed by atoms with Crippen LogP contribution in [0.5, 0.6) is 0 Å². The van der Waals surface area contributed by atoms with Crippen LogP contribution in [0.3, 0.4) is 0 Å². The Morgan fingerprint density at radius 3 is 2.53 bits per heavy atom. The monoisotopic (exact) mass is 267 g/mol. The molecule has 0 bridgehead atoms. The molecule has 0 aromatic carbocycles. The third-order valence-corrected chi connectivity index (χ3v) is 4.80. The second-order valence-corrected chi connectivity index (χ2v) is 7.80. The van der Waals surface area contributed by atoms with Crippen LogP contribution in [0.4, 0.5) is 0 Å². The van der Waals surface area contributed by atoms with E-state index in [1.807, 2.05) is 0 Å². The van der Waals surface area contributed by atoms with Gasteiger partial charge < -0.3 is 10.1 Å². The van der Waals surface area contributed by atoms with Gasteiger partial charge in [0.1, 0.15) is 0 Å². The van der Waals surface area contributed by atoms with Gasteiger partial charge in [-0.1, -0.05) is 26.2 Å². The topological polar surface area (TPSA) is 21.3 Å². The van der Waals surface area contributed by atoms with E-state index in [0.717, 1.165) is 19.1 Å². The fourth-order valence-corrected chi connectivity index (χ4v) is 3.46. The van der Waals surface area contributed by atoms with Crippen molar-refractivity contribution in [1.82, 2.24) is 5.32 Å². The highest BCUT2D eigenvalue weighted by Crippen LogP contribution is 2.50. The molecular weight excluding hydrogens is 234 g/mol. The van der Waals surface area contributed by atoms with E-state index in [0.29, 0.717) is 11.5 Å². The van der Waals surface area contributed by atoms with Crippen LogP contribution in [0.2, 0.25) is 0 Å². The molecule has 2 heteroatoms. The predicted octanol–water partition coefficient (Wildman–Crippen LogP) is 4.14. The molecule has 1 heterocycles. The van der Waals surface area contributed by atoms with Crippen LogP contribution in [0.1, 0.15) is 72.6 Å². The van der Waals surface area contributed by atoms with Gasteiger partial charge in [0.05, 0.1) is 6.10 Å². The van der Waals surface area contributed by atoms with Crippen LogP contribution < -0.4 is 5.32 Å². The van der Waals surface area contributed by atoms with Crippen LogP contribution in [0.25, 0.3) is 0 Å². The highest BCUT2D eigenvalue weighted by Gasteiger charge is 2.50. The standard InChI is InChI=1S/C17H33NO/c1-5-6-7-10-17(13-18-16(2,3)4)11-12-19-15(17)14-8-9-14/h14-15,18H,5-13H2,1-4H3. The molecule has 1 N–H and O–H groups in total. The molecule has 0 amide bonds. The van der Waals surface area contributed by atoms with E-state index < -0.39 is 0 Å². The molecule has 0 radical (unpaired) electrons. The minimum Gasteiger partial charge on any atom is -0.377 e. The zero-order valence-corrected chi connectivity index (χ0v) is 13.4. The summed E-state index contributed by atoms with van der Waals surface area (Å²) in [5.41, 5.74) is 0.637. The average Bonchev–Trinajstić information content (AvgIpc) is 3.09. The normalized spacial score (nSPS) is 31.9. The molecule has 1 aliphatic carbocycles. The average molecular weight is 267 g/mol. The Bertz CT molecular complexity index is 279. The van der Waals surface area contributed by atoms with Crippen LogP contribution in [-0.4, -0.2) is 24.8 Å². The molecule has 2 aliphatic rings. The first-order chi connectivity index (χ1) is 8.97. The van der Waals surface area contributed by atoms with E-state index in [9.17, 15) is 0 Å². The molecule has 2 unspecified atom stereocenters. The Morgan fingerprint density at radius 2 is 1.95 bits per heavy atom. The Hall–Kier alpha value is -0.0800. The van der Waals surface area contributed by atoms with Crippen LogP contribution >= 0.6 is 0 Å². The number of unbranched alkanes of at least 4 members (excludes halogenated alkanes) is 2. The Labute approximate surface area is 119 Å². The minimum absolute atomic E-state index is 0.217. The molecule has 2 atom stereocenters. The summed E-state index contributed by atoms with van der Waals surface area (Å²) in [6, 6.07) is 0. The van der Waals surface area contributed by atoms with Crippen molar-refractivity contribution in [3.8, 4) is 0 Å². The lowest BCUT2D eigenvalue weighted by atomic mass is 9.74. The van der Waals surface area contributed by atoms with Crippen LogP contribution in [0.15, 0.2) is 0 Å². The molecule has 1 saturated heterocycles. The summed E-state index contributed by atoms with van der Waals surface area (Å²) in [7, 11) is 0. The highest BCUT2D eigenvalue weighted by molar-refractivity contribution is 5.01. The van der Waals surface area contributed by atoms with Crippen molar-refractivity contribution in [2.45, 2.75) is 84.3 Å². The maximum atomic E-state index is 6.15. The smallest absolute Gasteiger partial charge is 0.0672 e.